The topological polar surface area (TPSA) is 13.1 Å². The average Bonchev–Trinajstić information content (AvgIpc) is 3.54. The number of hydrogen-bond donors (Lipinski definition) is 0. The van der Waals surface area contributed by atoms with Crippen molar-refractivity contribution < 1.29 is 4.42 Å². The number of para-hydroxylation sites is 1. The van der Waals surface area contributed by atoms with Crippen molar-refractivity contribution in [1.29, 1.82) is 0 Å². The zero-order valence-corrected chi connectivity index (χ0v) is 21.1. The van der Waals surface area contributed by atoms with Crippen LogP contribution in [0.3, 0.4) is 0 Å². The minimum atomic E-state index is 0.937. The second kappa shape index (κ2) is 7.69. The summed E-state index contributed by atoms with van der Waals surface area (Å²) in [6.07, 6.45) is 0. The van der Waals surface area contributed by atoms with Crippen LogP contribution in [0, 0.1) is 0 Å². The van der Waals surface area contributed by atoms with Crippen molar-refractivity contribution in [1.82, 2.24) is 0 Å². The van der Waals surface area contributed by atoms with E-state index >= 15 is 0 Å². The van der Waals surface area contributed by atoms with E-state index in [1.165, 1.54) is 76.8 Å². The molecular weight excluding hydrogens is 472 g/mol. The molecule has 0 unspecified atom stereocenters. The van der Waals surface area contributed by atoms with Crippen LogP contribution in [0.5, 0.6) is 0 Å². The van der Waals surface area contributed by atoms with E-state index in [4.69, 9.17) is 4.42 Å². The highest BCUT2D eigenvalue weighted by Gasteiger charge is 2.21. The average molecular weight is 495 g/mol. The van der Waals surface area contributed by atoms with E-state index in [0.717, 1.165) is 11.2 Å². The van der Waals surface area contributed by atoms with Crippen LogP contribution >= 0.6 is 0 Å². The number of hydrogen-bond acceptors (Lipinski definition) is 1. The largest absolute Gasteiger partial charge is 0.456 e. The molecule has 0 saturated heterocycles. The van der Waals surface area contributed by atoms with Gasteiger partial charge in [-0.1, -0.05) is 103 Å². The van der Waals surface area contributed by atoms with E-state index in [2.05, 4.69) is 121 Å². The molecule has 0 radical (unpaired) electrons. The first-order valence-electron chi connectivity index (χ1n) is 13.4. The molecule has 0 fully saturated rings. The van der Waals surface area contributed by atoms with Crippen LogP contribution in [0.15, 0.2) is 138 Å². The smallest absolute Gasteiger partial charge is 0.136 e. The lowest BCUT2D eigenvalue weighted by atomic mass is 9.94. The lowest BCUT2D eigenvalue weighted by Crippen LogP contribution is -1.84. The first-order valence-corrected chi connectivity index (χ1v) is 13.4. The van der Waals surface area contributed by atoms with Crippen molar-refractivity contribution >= 4 is 43.5 Å². The Morgan fingerprint density at radius 3 is 1.90 bits per heavy atom. The first kappa shape index (κ1) is 20.9. The van der Waals surface area contributed by atoms with E-state index in [1.807, 2.05) is 12.1 Å². The maximum Gasteiger partial charge on any atom is 0.136 e. The lowest BCUT2D eigenvalue weighted by molar-refractivity contribution is 0.669. The molecule has 0 bridgehead atoms. The van der Waals surface area contributed by atoms with Gasteiger partial charge in [0.2, 0.25) is 0 Å². The Labute approximate surface area is 225 Å². The fraction of sp³-hybridized carbons (Fsp3) is 0. The zero-order valence-electron chi connectivity index (χ0n) is 21.1. The summed E-state index contributed by atoms with van der Waals surface area (Å²) in [4.78, 5) is 0. The fourth-order valence-corrected chi connectivity index (χ4v) is 6.57. The van der Waals surface area contributed by atoms with Gasteiger partial charge in [0, 0.05) is 10.8 Å². The van der Waals surface area contributed by atoms with Crippen molar-refractivity contribution in [2.24, 2.45) is 0 Å². The highest BCUT2D eigenvalue weighted by Crippen LogP contribution is 2.48. The molecule has 1 aliphatic rings. The summed E-state index contributed by atoms with van der Waals surface area (Å²) in [6, 6.07) is 48.4. The van der Waals surface area contributed by atoms with Crippen LogP contribution in [0.25, 0.3) is 88.0 Å². The molecule has 1 aromatic heterocycles. The summed E-state index contributed by atoms with van der Waals surface area (Å²) in [5.74, 6) is 0. The molecule has 1 heteroatoms. The number of fused-ring (bicyclic) bond motifs is 8. The fourth-order valence-electron chi connectivity index (χ4n) is 6.57. The van der Waals surface area contributed by atoms with Gasteiger partial charge in [-0.3, -0.25) is 0 Å². The molecule has 0 N–H and O–H groups in total. The monoisotopic (exact) mass is 494 g/mol. The van der Waals surface area contributed by atoms with Crippen LogP contribution in [0.4, 0.5) is 0 Å². The van der Waals surface area contributed by atoms with Crippen LogP contribution in [0.1, 0.15) is 0 Å². The number of rotatable bonds is 2. The molecule has 39 heavy (non-hydrogen) atoms. The standard InChI is InChI=1S/C38H22O/c1-2-8-31-30(7-1)32-10-5-6-27-21-28(22-34(31)37(27)32)24-14-12-23(13-15-24)25-16-18-29-26(20-25)17-19-36-38(29)33-9-3-4-11-35(33)39-36/h1-22H. The summed E-state index contributed by atoms with van der Waals surface area (Å²) in [5, 5.41) is 7.49. The zero-order chi connectivity index (χ0) is 25.5. The highest BCUT2D eigenvalue weighted by atomic mass is 16.3. The highest BCUT2D eigenvalue weighted by molar-refractivity contribution is 6.19. The minimum absolute atomic E-state index is 0.937. The summed E-state index contributed by atoms with van der Waals surface area (Å²) >= 11 is 0. The molecule has 0 atom stereocenters. The van der Waals surface area contributed by atoms with E-state index in [1.54, 1.807) is 0 Å². The maximum atomic E-state index is 6.10. The van der Waals surface area contributed by atoms with Crippen LogP contribution in [0.2, 0.25) is 0 Å². The molecule has 0 amide bonds. The van der Waals surface area contributed by atoms with Gasteiger partial charge in [0.05, 0.1) is 0 Å². The molecule has 8 aromatic rings. The van der Waals surface area contributed by atoms with Gasteiger partial charge in [-0.2, -0.15) is 0 Å². The Bertz CT molecular complexity index is 2260. The first-order chi connectivity index (χ1) is 19.3. The van der Waals surface area contributed by atoms with Crippen molar-refractivity contribution in [3.05, 3.63) is 133 Å². The third kappa shape index (κ3) is 2.96. The Morgan fingerprint density at radius 2 is 1.03 bits per heavy atom. The van der Waals surface area contributed by atoms with Crippen molar-refractivity contribution in [2.75, 3.05) is 0 Å². The molecule has 7 aromatic carbocycles. The van der Waals surface area contributed by atoms with E-state index in [0.29, 0.717) is 0 Å². The van der Waals surface area contributed by atoms with E-state index in [9.17, 15) is 0 Å². The summed E-state index contributed by atoms with van der Waals surface area (Å²) in [6.45, 7) is 0. The van der Waals surface area contributed by atoms with Crippen molar-refractivity contribution in [3.8, 4) is 44.5 Å². The molecule has 1 heterocycles. The van der Waals surface area contributed by atoms with Gasteiger partial charge >= 0.3 is 0 Å². The van der Waals surface area contributed by atoms with Crippen LogP contribution < -0.4 is 0 Å². The number of furan rings is 1. The Kier molecular flexibility index (Phi) is 4.11. The van der Waals surface area contributed by atoms with Gasteiger partial charge in [0.1, 0.15) is 11.2 Å². The molecule has 0 saturated carbocycles. The molecule has 0 spiro atoms. The Morgan fingerprint density at radius 1 is 0.333 bits per heavy atom. The summed E-state index contributed by atoms with van der Waals surface area (Å²) in [5.41, 5.74) is 12.2. The van der Waals surface area contributed by atoms with Crippen LogP contribution in [-0.2, 0) is 0 Å². The van der Waals surface area contributed by atoms with Gasteiger partial charge in [-0.25, -0.2) is 0 Å². The quantitative estimate of drug-likeness (QED) is 0.233. The summed E-state index contributed by atoms with van der Waals surface area (Å²) < 4.78 is 6.10. The minimum Gasteiger partial charge on any atom is -0.456 e. The van der Waals surface area contributed by atoms with Crippen LogP contribution in [-0.4, -0.2) is 0 Å². The second-order valence-electron chi connectivity index (χ2n) is 10.5. The van der Waals surface area contributed by atoms with Crippen molar-refractivity contribution in [3.63, 3.8) is 0 Å². The van der Waals surface area contributed by atoms with E-state index < -0.39 is 0 Å². The molecule has 9 rings (SSSR count). The third-order valence-electron chi connectivity index (χ3n) is 8.39. The summed E-state index contributed by atoms with van der Waals surface area (Å²) in [7, 11) is 0. The normalized spacial score (nSPS) is 12.1. The van der Waals surface area contributed by atoms with Gasteiger partial charge in [0.25, 0.3) is 0 Å². The van der Waals surface area contributed by atoms with Gasteiger partial charge in [-0.05, 0) is 96.4 Å². The predicted molar refractivity (Wildman–Crippen MR) is 164 cm³/mol. The van der Waals surface area contributed by atoms with Gasteiger partial charge in [-0.15, -0.1) is 0 Å². The molecular formula is C38H22O. The Hall–Kier alpha value is -5.14. The SMILES string of the molecule is c1ccc2c(c1)-c1cccc3cc(-c4ccc(-c5ccc6c(ccc7oc8ccccc8c76)c5)cc4)cc-2c13. The molecule has 180 valence electrons. The number of benzene rings is 7. The maximum absolute atomic E-state index is 6.10. The molecule has 0 aliphatic heterocycles. The third-order valence-corrected chi connectivity index (χ3v) is 8.39. The van der Waals surface area contributed by atoms with Gasteiger partial charge in [0.15, 0.2) is 0 Å². The van der Waals surface area contributed by atoms with E-state index in [-0.39, 0.29) is 0 Å². The molecule has 1 aliphatic carbocycles. The lowest BCUT2D eigenvalue weighted by Gasteiger charge is -2.10. The second-order valence-corrected chi connectivity index (χ2v) is 10.5. The molecule has 1 nitrogen and oxygen atoms in total. The van der Waals surface area contributed by atoms with Gasteiger partial charge < -0.3 is 4.42 Å². The van der Waals surface area contributed by atoms with Crippen molar-refractivity contribution in [2.45, 2.75) is 0 Å². The predicted octanol–water partition coefficient (Wildman–Crippen LogP) is 10.9. The Balaban J connectivity index is 1.14.